The van der Waals surface area contributed by atoms with Crippen LogP contribution in [0.3, 0.4) is 0 Å². The highest BCUT2D eigenvalue weighted by molar-refractivity contribution is 5.85. The molecule has 0 aliphatic carbocycles. The van der Waals surface area contributed by atoms with Crippen LogP contribution in [0, 0.1) is 0 Å². The minimum atomic E-state index is -0.987. The number of carbonyl (C=O) groups is 2. The predicted molar refractivity (Wildman–Crippen MR) is 104 cm³/mol. The zero-order chi connectivity index (χ0) is 19.5. The van der Waals surface area contributed by atoms with E-state index in [-0.39, 0.29) is 25.3 Å². The molecule has 1 atom stereocenters. The zero-order valence-electron chi connectivity index (χ0n) is 15.4. The Morgan fingerprint density at radius 3 is 2.29 bits per heavy atom. The van der Waals surface area contributed by atoms with E-state index in [9.17, 15) is 14.7 Å². The first-order valence-corrected chi connectivity index (χ1v) is 9.25. The first kappa shape index (κ1) is 18.0. The molecule has 1 N–H and O–H groups in total. The van der Waals surface area contributed by atoms with Gasteiger partial charge in [0.2, 0.25) is 5.91 Å². The minimum absolute atomic E-state index is 0.185. The molecule has 0 bridgehead atoms. The van der Waals surface area contributed by atoms with E-state index in [1.54, 1.807) is 6.33 Å². The third-order valence-electron chi connectivity index (χ3n) is 5.12. The van der Waals surface area contributed by atoms with Gasteiger partial charge in [0.15, 0.2) is 0 Å². The lowest BCUT2D eigenvalue weighted by Crippen LogP contribution is -2.49. The maximum Gasteiger partial charge on any atom is 0.326 e. The van der Waals surface area contributed by atoms with E-state index in [0.717, 1.165) is 22.5 Å². The molecule has 0 fully saturated rings. The maximum atomic E-state index is 12.8. The number of carbonyl (C=O) groups excluding carboxylic acids is 1. The largest absolute Gasteiger partial charge is 0.480 e. The lowest BCUT2D eigenvalue weighted by molar-refractivity contribution is -0.151. The van der Waals surface area contributed by atoms with Crippen LogP contribution in [0.5, 0.6) is 0 Å². The van der Waals surface area contributed by atoms with Gasteiger partial charge < -0.3 is 14.6 Å². The van der Waals surface area contributed by atoms with Crippen molar-refractivity contribution in [3.05, 3.63) is 89.5 Å². The highest BCUT2D eigenvalue weighted by Crippen LogP contribution is 2.24. The second kappa shape index (κ2) is 7.68. The van der Waals surface area contributed by atoms with E-state index in [2.05, 4.69) is 4.98 Å². The lowest BCUT2D eigenvalue weighted by atomic mass is 10.0. The third kappa shape index (κ3) is 3.67. The first-order valence-electron chi connectivity index (χ1n) is 9.25. The van der Waals surface area contributed by atoms with Crippen LogP contribution in [0.25, 0.3) is 0 Å². The fourth-order valence-electron chi connectivity index (χ4n) is 3.65. The Morgan fingerprint density at radius 2 is 1.64 bits per heavy atom. The molecular formula is C22H21N3O3. The van der Waals surface area contributed by atoms with E-state index in [0.29, 0.717) is 6.54 Å². The third-order valence-corrected chi connectivity index (χ3v) is 5.12. The highest BCUT2D eigenvalue weighted by Gasteiger charge is 2.36. The molecule has 0 saturated heterocycles. The molecule has 6 nitrogen and oxygen atoms in total. The average Bonchev–Trinajstić information content (AvgIpc) is 3.10. The summed E-state index contributed by atoms with van der Waals surface area (Å²) in [7, 11) is 0. The molecule has 1 aliphatic rings. The van der Waals surface area contributed by atoms with Gasteiger partial charge in [0.25, 0.3) is 0 Å². The number of benzene rings is 2. The van der Waals surface area contributed by atoms with E-state index < -0.39 is 12.0 Å². The van der Waals surface area contributed by atoms with E-state index in [4.69, 9.17) is 0 Å². The molecule has 1 aliphatic heterocycles. The molecular weight excluding hydrogens is 354 g/mol. The van der Waals surface area contributed by atoms with Crippen LogP contribution in [0.4, 0.5) is 0 Å². The summed E-state index contributed by atoms with van der Waals surface area (Å²) in [4.78, 5) is 30.6. The average molecular weight is 375 g/mol. The fourth-order valence-corrected chi connectivity index (χ4v) is 3.65. The number of rotatable bonds is 5. The molecule has 1 unspecified atom stereocenters. The summed E-state index contributed by atoms with van der Waals surface area (Å²) in [6.45, 7) is 0.854. The van der Waals surface area contributed by atoms with Crippen LogP contribution in [-0.4, -0.2) is 37.5 Å². The molecule has 142 valence electrons. The summed E-state index contributed by atoms with van der Waals surface area (Å²) in [5, 5.41) is 9.74. The van der Waals surface area contributed by atoms with Gasteiger partial charge >= 0.3 is 5.97 Å². The van der Waals surface area contributed by atoms with Crippen LogP contribution in [0.15, 0.2) is 67.0 Å². The number of fused-ring (bicyclic) bond motifs is 1. The number of imidazole rings is 1. The van der Waals surface area contributed by atoms with Crippen molar-refractivity contribution in [3.63, 3.8) is 0 Å². The highest BCUT2D eigenvalue weighted by atomic mass is 16.4. The number of amides is 1. The summed E-state index contributed by atoms with van der Waals surface area (Å²) in [6.07, 6.45) is 2.18. The Kier molecular flexibility index (Phi) is 4.93. The summed E-state index contributed by atoms with van der Waals surface area (Å²) >= 11 is 0. The second-order valence-electron chi connectivity index (χ2n) is 6.99. The zero-order valence-corrected chi connectivity index (χ0v) is 15.4. The topological polar surface area (TPSA) is 75.4 Å². The molecule has 1 amide bonds. The SMILES string of the molecule is O=C(O)C1Cc2c(ncn2Cc2ccccc2)CN1C(=O)Cc1ccccc1. The van der Waals surface area contributed by atoms with Gasteiger partial charge in [-0.1, -0.05) is 60.7 Å². The van der Waals surface area contributed by atoms with Gasteiger partial charge in [0, 0.05) is 18.7 Å². The smallest absolute Gasteiger partial charge is 0.326 e. The Labute approximate surface area is 163 Å². The molecule has 28 heavy (non-hydrogen) atoms. The van der Waals surface area contributed by atoms with Crippen LogP contribution < -0.4 is 0 Å². The van der Waals surface area contributed by atoms with Gasteiger partial charge in [0.05, 0.1) is 25.0 Å². The summed E-state index contributed by atoms with van der Waals surface area (Å²) in [5.41, 5.74) is 3.66. The number of carboxylic acids is 1. The molecule has 6 heteroatoms. The summed E-state index contributed by atoms with van der Waals surface area (Å²) in [6, 6.07) is 18.5. The van der Waals surface area contributed by atoms with Crippen LogP contribution in [0.1, 0.15) is 22.5 Å². The summed E-state index contributed by atoms with van der Waals surface area (Å²) < 4.78 is 1.99. The number of hydrogen-bond acceptors (Lipinski definition) is 3. The Morgan fingerprint density at radius 1 is 1.00 bits per heavy atom. The van der Waals surface area contributed by atoms with E-state index >= 15 is 0 Å². The van der Waals surface area contributed by atoms with Gasteiger partial charge in [0.1, 0.15) is 6.04 Å². The quantitative estimate of drug-likeness (QED) is 0.744. The van der Waals surface area contributed by atoms with Gasteiger partial charge in [-0.05, 0) is 11.1 Å². The van der Waals surface area contributed by atoms with Crippen LogP contribution in [-0.2, 0) is 35.5 Å². The number of hydrogen-bond donors (Lipinski definition) is 1. The first-order chi connectivity index (χ1) is 13.6. The van der Waals surface area contributed by atoms with Crippen molar-refractivity contribution in [1.29, 1.82) is 0 Å². The molecule has 4 rings (SSSR count). The van der Waals surface area contributed by atoms with Crippen molar-refractivity contribution in [2.45, 2.75) is 32.0 Å². The van der Waals surface area contributed by atoms with Crippen LogP contribution >= 0.6 is 0 Å². The molecule has 2 aromatic carbocycles. The van der Waals surface area contributed by atoms with E-state index in [1.807, 2.05) is 65.2 Å². The molecule has 0 spiro atoms. The second-order valence-corrected chi connectivity index (χ2v) is 6.99. The standard InChI is InChI=1S/C22H21N3O3/c26-21(11-16-7-3-1-4-8-16)25-14-18-19(12-20(25)22(27)28)24(15-23-18)13-17-9-5-2-6-10-17/h1-10,15,20H,11-14H2,(H,27,28). The molecule has 2 heterocycles. The predicted octanol–water partition coefficient (Wildman–Crippen LogP) is 2.51. The van der Waals surface area contributed by atoms with Crippen molar-refractivity contribution in [1.82, 2.24) is 14.5 Å². The van der Waals surface area contributed by atoms with Crippen molar-refractivity contribution in [2.24, 2.45) is 0 Å². The fraction of sp³-hybridized carbons (Fsp3) is 0.227. The maximum absolute atomic E-state index is 12.8. The Hall–Kier alpha value is -3.41. The van der Waals surface area contributed by atoms with Crippen LogP contribution in [0.2, 0.25) is 0 Å². The number of aliphatic carboxylic acids is 1. The van der Waals surface area contributed by atoms with E-state index in [1.165, 1.54) is 4.90 Å². The van der Waals surface area contributed by atoms with Gasteiger partial charge in [-0.25, -0.2) is 9.78 Å². The molecule has 0 radical (unpaired) electrons. The van der Waals surface area contributed by atoms with Crippen molar-refractivity contribution in [2.75, 3.05) is 0 Å². The number of aromatic nitrogens is 2. The summed E-state index contributed by atoms with van der Waals surface area (Å²) in [5.74, 6) is -1.18. The van der Waals surface area contributed by atoms with Gasteiger partial charge in [-0.3, -0.25) is 4.79 Å². The Bertz CT molecular complexity index is 983. The van der Waals surface area contributed by atoms with Gasteiger partial charge in [-0.15, -0.1) is 0 Å². The monoisotopic (exact) mass is 375 g/mol. The Balaban J connectivity index is 1.57. The number of nitrogens with zero attached hydrogens (tertiary/aromatic N) is 3. The normalized spacial score (nSPS) is 15.9. The molecule has 1 aromatic heterocycles. The lowest BCUT2D eigenvalue weighted by Gasteiger charge is -2.33. The van der Waals surface area contributed by atoms with Gasteiger partial charge in [-0.2, -0.15) is 0 Å². The molecule has 3 aromatic rings. The van der Waals surface area contributed by atoms with Crippen molar-refractivity contribution in [3.8, 4) is 0 Å². The van der Waals surface area contributed by atoms with Crippen molar-refractivity contribution < 1.29 is 14.7 Å². The van der Waals surface area contributed by atoms with Crippen molar-refractivity contribution >= 4 is 11.9 Å². The minimum Gasteiger partial charge on any atom is -0.480 e. The number of carboxylic acid groups (broad SMARTS) is 1. The molecule has 0 saturated carbocycles.